The summed E-state index contributed by atoms with van der Waals surface area (Å²) in [5.41, 5.74) is -0.547. The Bertz CT molecular complexity index is 1520. The number of aromatic nitrogens is 4. The molecule has 0 spiro atoms. The van der Waals surface area contributed by atoms with Crippen LogP contribution in [0.2, 0.25) is 0 Å². The molecule has 40 heavy (non-hydrogen) atoms. The third-order valence-electron chi connectivity index (χ3n) is 6.46. The molecule has 1 atom stereocenters. The van der Waals surface area contributed by atoms with Gasteiger partial charge in [0.2, 0.25) is 27.6 Å². The number of halogens is 7. The molecular weight excluding hydrogens is 577 g/mol. The first-order valence-electron chi connectivity index (χ1n) is 11.4. The van der Waals surface area contributed by atoms with Crippen molar-refractivity contribution in [3.8, 4) is 11.6 Å². The van der Waals surface area contributed by atoms with Gasteiger partial charge in [0.1, 0.15) is 17.5 Å². The van der Waals surface area contributed by atoms with Crippen LogP contribution in [0, 0.1) is 11.7 Å². The summed E-state index contributed by atoms with van der Waals surface area (Å²) in [6.45, 7) is -0.593. The molecule has 6 rings (SSSR count). The lowest BCUT2D eigenvalue weighted by Gasteiger charge is -2.25. The number of amides is 1. The van der Waals surface area contributed by atoms with Crippen molar-refractivity contribution >= 4 is 15.9 Å². The van der Waals surface area contributed by atoms with E-state index in [1.54, 1.807) is 0 Å². The van der Waals surface area contributed by atoms with Crippen molar-refractivity contribution in [2.45, 2.75) is 48.9 Å². The van der Waals surface area contributed by atoms with Gasteiger partial charge >= 0.3 is 12.5 Å². The highest BCUT2D eigenvalue weighted by atomic mass is 32.2. The standard InChI is InChI=1S/C22H17F7N6O4S/c23-13-1-3-16(4-2-13)40(37,38)35-14-5-11(6-14)17(35)18(36)30-7-12-10-34(33-19(12)39-22(27,28)29)15-8-31-20(32-9-15)21(24,25)26/h1-4,8-11,14,17H,5-7H2,(H,30,36)/t11?,14?,17-/m0/s1. The van der Waals surface area contributed by atoms with E-state index in [0.717, 1.165) is 39.4 Å². The minimum absolute atomic E-state index is 0.222. The number of rotatable bonds is 7. The average Bonchev–Trinajstić information content (AvgIpc) is 3.53. The van der Waals surface area contributed by atoms with E-state index in [2.05, 4.69) is 25.1 Å². The fourth-order valence-electron chi connectivity index (χ4n) is 4.65. The van der Waals surface area contributed by atoms with Crippen molar-refractivity contribution in [3.05, 3.63) is 60.1 Å². The first-order chi connectivity index (χ1) is 18.6. The van der Waals surface area contributed by atoms with Crippen LogP contribution in [0.4, 0.5) is 30.7 Å². The Hall–Kier alpha value is -3.80. The van der Waals surface area contributed by atoms with Crippen LogP contribution >= 0.6 is 0 Å². The minimum atomic E-state index is -5.19. The first-order valence-corrected chi connectivity index (χ1v) is 12.9. The molecule has 1 saturated carbocycles. The number of carbonyl (C=O) groups excluding carboxylic acids is 1. The molecule has 2 saturated heterocycles. The Morgan fingerprint density at radius 3 is 2.25 bits per heavy atom. The average molecular weight is 594 g/mol. The third-order valence-corrected chi connectivity index (χ3v) is 8.41. The molecule has 214 valence electrons. The second-order valence-electron chi connectivity index (χ2n) is 9.05. The number of nitrogens with zero attached hydrogens (tertiary/aromatic N) is 5. The zero-order chi connectivity index (χ0) is 29.0. The summed E-state index contributed by atoms with van der Waals surface area (Å²) in [6.07, 6.45) is -6.91. The summed E-state index contributed by atoms with van der Waals surface area (Å²) >= 11 is 0. The molecule has 3 aliphatic rings. The van der Waals surface area contributed by atoms with Crippen LogP contribution in [0.3, 0.4) is 0 Å². The number of nitrogens with one attached hydrogen (secondary N) is 1. The van der Waals surface area contributed by atoms with Crippen molar-refractivity contribution in [2.24, 2.45) is 5.92 Å². The van der Waals surface area contributed by atoms with Gasteiger partial charge in [-0.1, -0.05) is 0 Å². The molecule has 1 aliphatic carbocycles. The SMILES string of the molecule is O=C(NCc1cn(-c2cnc(C(F)(F)F)nc2)nc1OC(F)(F)F)[C@@H]1C2CC(C2)N1S(=O)(=O)c1ccc(F)cc1. The van der Waals surface area contributed by atoms with Crippen LogP contribution in [0.1, 0.15) is 24.2 Å². The molecule has 0 radical (unpaired) electrons. The van der Waals surface area contributed by atoms with Crippen molar-refractivity contribution in [1.82, 2.24) is 29.4 Å². The third kappa shape index (κ3) is 5.32. The van der Waals surface area contributed by atoms with Gasteiger partial charge in [0.25, 0.3) is 0 Å². The molecule has 18 heteroatoms. The summed E-state index contributed by atoms with van der Waals surface area (Å²) in [7, 11) is -4.20. The molecular formula is C22H17F7N6O4S. The molecule has 10 nitrogen and oxygen atoms in total. The van der Waals surface area contributed by atoms with Crippen molar-refractivity contribution in [2.75, 3.05) is 0 Å². The van der Waals surface area contributed by atoms with Crippen molar-refractivity contribution in [3.63, 3.8) is 0 Å². The Labute approximate surface area is 220 Å². The number of fused-ring (bicyclic) bond motifs is 1. The van der Waals surface area contributed by atoms with Crippen LogP contribution in [0.15, 0.2) is 47.8 Å². The molecule has 4 heterocycles. The van der Waals surface area contributed by atoms with Gasteiger partial charge < -0.3 is 10.1 Å². The van der Waals surface area contributed by atoms with Gasteiger partial charge in [-0.3, -0.25) is 4.79 Å². The maximum Gasteiger partial charge on any atom is 0.574 e. The fourth-order valence-corrected chi connectivity index (χ4v) is 6.50. The normalized spacial score (nSPS) is 21.2. The van der Waals surface area contributed by atoms with E-state index in [-0.39, 0.29) is 22.1 Å². The highest BCUT2D eigenvalue weighted by Crippen LogP contribution is 2.48. The summed E-state index contributed by atoms with van der Waals surface area (Å²) in [6, 6.07) is 2.42. The van der Waals surface area contributed by atoms with Gasteiger partial charge in [-0.05, 0) is 43.0 Å². The summed E-state index contributed by atoms with van der Waals surface area (Å²) in [4.78, 5) is 19.1. The molecule has 3 aromatic rings. The number of hydrogen-bond donors (Lipinski definition) is 1. The van der Waals surface area contributed by atoms with Gasteiger partial charge in [0, 0.05) is 18.8 Å². The van der Waals surface area contributed by atoms with Crippen LogP contribution in [-0.4, -0.2) is 56.8 Å². The fraction of sp³-hybridized carbons (Fsp3) is 0.364. The van der Waals surface area contributed by atoms with E-state index in [0.29, 0.717) is 25.2 Å². The highest BCUT2D eigenvalue weighted by molar-refractivity contribution is 7.89. The number of carbonyl (C=O) groups is 1. The van der Waals surface area contributed by atoms with Gasteiger partial charge in [0.05, 0.1) is 22.9 Å². The van der Waals surface area contributed by atoms with E-state index in [9.17, 15) is 43.9 Å². The number of ether oxygens (including phenoxy) is 1. The van der Waals surface area contributed by atoms with E-state index >= 15 is 0 Å². The lowest BCUT2D eigenvalue weighted by molar-refractivity contribution is -0.276. The highest BCUT2D eigenvalue weighted by Gasteiger charge is 2.58. The van der Waals surface area contributed by atoms with E-state index < -0.39 is 64.6 Å². The predicted molar refractivity (Wildman–Crippen MR) is 118 cm³/mol. The molecule has 3 fully saturated rings. The molecule has 1 N–H and O–H groups in total. The molecule has 2 aromatic heterocycles. The number of alkyl halides is 6. The zero-order valence-electron chi connectivity index (χ0n) is 19.8. The second kappa shape index (κ2) is 9.69. The van der Waals surface area contributed by atoms with Gasteiger partial charge in [-0.15, -0.1) is 18.3 Å². The molecule has 1 amide bonds. The van der Waals surface area contributed by atoms with E-state index in [4.69, 9.17) is 0 Å². The molecule has 2 bridgehead atoms. The summed E-state index contributed by atoms with van der Waals surface area (Å²) in [5.74, 6) is -4.26. The zero-order valence-corrected chi connectivity index (χ0v) is 20.6. The minimum Gasteiger partial charge on any atom is -0.386 e. The van der Waals surface area contributed by atoms with Crippen LogP contribution < -0.4 is 10.1 Å². The summed E-state index contributed by atoms with van der Waals surface area (Å²) in [5, 5.41) is 5.98. The van der Waals surface area contributed by atoms with E-state index in [1.165, 1.54) is 0 Å². The maximum atomic E-state index is 13.3. The van der Waals surface area contributed by atoms with Crippen LogP contribution in [0.5, 0.6) is 5.88 Å². The largest absolute Gasteiger partial charge is 0.574 e. The van der Waals surface area contributed by atoms with Gasteiger partial charge in [-0.25, -0.2) is 27.5 Å². The lowest BCUT2D eigenvalue weighted by atomic mass is 9.83. The van der Waals surface area contributed by atoms with Crippen LogP contribution in [0.25, 0.3) is 5.69 Å². The quantitative estimate of drug-likeness (QED) is 0.418. The monoisotopic (exact) mass is 594 g/mol. The Balaban J connectivity index is 1.36. The molecule has 2 aliphatic heterocycles. The Morgan fingerprint density at radius 1 is 1.05 bits per heavy atom. The maximum absolute atomic E-state index is 13.3. The number of sulfonamides is 1. The molecule has 0 unspecified atom stereocenters. The Morgan fingerprint density at radius 2 is 1.68 bits per heavy atom. The van der Waals surface area contributed by atoms with E-state index in [1.807, 2.05) is 0 Å². The topological polar surface area (TPSA) is 119 Å². The van der Waals surface area contributed by atoms with Crippen molar-refractivity contribution in [1.29, 1.82) is 0 Å². The van der Waals surface area contributed by atoms with Gasteiger partial charge in [-0.2, -0.15) is 17.5 Å². The summed E-state index contributed by atoms with van der Waals surface area (Å²) < 4.78 is 123. The Kier molecular flexibility index (Phi) is 6.72. The predicted octanol–water partition coefficient (Wildman–Crippen LogP) is 3.19. The number of hydrogen-bond acceptors (Lipinski definition) is 7. The van der Waals surface area contributed by atoms with Crippen molar-refractivity contribution < 1.29 is 48.7 Å². The second-order valence-corrected chi connectivity index (χ2v) is 10.9. The first kappa shape index (κ1) is 27.8. The smallest absolute Gasteiger partial charge is 0.386 e. The number of benzene rings is 1. The lowest BCUT2D eigenvalue weighted by Crippen LogP contribution is -2.46. The van der Waals surface area contributed by atoms with Crippen LogP contribution in [-0.2, 0) is 27.5 Å². The molecule has 1 aromatic carbocycles. The van der Waals surface area contributed by atoms with Gasteiger partial charge in [0.15, 0.2) is 0 Å².